The minimum atomic E-state index is -0.105. The van der Waals surface area contributed by atoms with Gasteiger partial charge in [0.05, 0.1) is 5.39 Å². The van der Waals surface area contributed by atoms with Crippen LogP contribution in [0.3, 0.4) is 0 Å². The topological polar surface area (TPSA) is 64.4 Å². The van der Waals surface area contributed by atoms with Gasteiger partial charge in [-0.05, 0) is 36.6 Å². The van der Waals surface area contributed by atoms with Crippen LogP contribution >= 0.6 is 0 Å². The molecule has 2 heterocycles. The summed E-state index contributed by atoms with van der Waals surface area (Å²) in [6.45, 7) is 1.99. The Morgan fingerprint density at radius 1 is 0.935 bits per heavy atom. The monoisotopic (exact) mass is 412 g/mol. The summed E-state index contributed by atoms with van der Waals surface area (Å²) in [6.07, 6.45) is 1.78. The van der Waals surface area contributed by atoms with Crippen LogP contribution < -0.4 is 5.32 Å². The van der Waals surface area contributed by atoms with Gasteiger partial charge in [-0.1, -0.05) is 65.8 Å². The lowest BCUT2D eigenvalue weighted by molar-refractivity contribution is 0.0487. The quantitative estimate of drug-likeness (QED) is 0.502. The third-order valence-corrected chi connectivity index (χ3v) is 6.20. The van der Waals surface area contributed by atoms with E-state index < -0.39 is 0 Å². The van der Waals surface area contributed by atoms with Gasteiger partial charge in [0.15, 0.2) is 5.76 Å². The molecule has 0 spiro atoms. The highest BCUT2D eigenvalue weighted by atomic mass is 16.5. The summed E-state index contributed by atoms with van der Waals surface area (Å²) in [7, 11) is 0. The molecule has 0 bridgehead atoms. The van der Waals surface area contributed by atoms with E-state index in [1.165, 1.54) is 5.56 Å². The van der Waals surface area contributed by atoms with Gasteiger partial charge in [-0.3, -0.25) is 4.79 Å². The smallest absolute Gasteiger partial charge is 0.251 e. The number of amides is 1. The Morgan fingerprint density at radius 3 is 2.39 bits per heavy atom. The Kier molecular flexibility index (Phi) is 5.26. The Hall–Kier alpha value is -3.44. The van der Waals surface area contributed by atoms with Crippen LogP contribution in [0.2, 0.25) is 0 Å². The number of hydrogen-bond acceptors (Lipinski definition) is 4. The van der Waals surface area contributed by atoms with Crippen molar-refractivity contribution in [2.24, 2.45) is 0 Å². The van der Waals surface area contributed by atoms with Gasteiger partial charge in [-0.15, -0.1) is 0 Å². The predicted molar refractivity (Wildman–Crippen MR) is 120 cm³/mol. The van der Waals surface area contributed by atoms with Crippen molar-refractivity contribution in [1.29, 1.82) is 0 Å². The van der Waals surface area contributed by atoms with Crippen molar-refractivity contribution in [3.63, 3.8) is 0 Å². The largest absolute Gasteiger partial charge is 0.381 e. The number of hydrogen-bond donors (Lipinski definition) is 1. The van der Waals surface area contributed by atoms with Gasteiger partial charge < -0.3 is 14.6 Å². The molecule has 0 atom stereocenters. The lowest BCUT2D eigenvalue weighted by Gasteiger charge is -2.38. The molecule has 0 aliphatic carbocycles. The number of nitrogens with zero attached hydrogens (tertiary/aromatic N) is 1. The zero-order valence-corrected chi connectivity index (χ0v) is 17.2. The van der Waals surface area contributed by atoms with Crippen molar-refractivity contribution in [1.82, 2.24) is 10.5 Å². The lowest BCUT2D eigenvalue weighted by atomic mass is 9.74. The van der Waals surface area contributed by atoms with Gasteiger partial charge in [0.25, 0.3) is 5.91 Å². The van der Waals surface area contributed by atoms with E-state index in [-0.39, 0.29) is 11.3 Å². The average Bonchev–Trinajstić information content (AvgIpc) is 3.27. The Bertz CT molecular complexity index is 1180. The fourth-order valence-corrected chi connectivity index (χ4v) is 4.35. The number of aromatic nitrogens is 1. The highest BCUT2D eigenvalue weighted by Crippen LogP contribution is 2.34. The summed E-state index contributed by atoms with van der Waals surface area (Å²) in [5.74, 6) is 0.583. The Morgan fingerprint density at radius 2 is 1.65 bits per heavy atom. The molecule has 1 amide bonds. The summed E-state index contributed by atoms with van der Waals surface area (Å²) >= 11 is 0. The van der Waals surface area contributed by atoms with E-state index >= 15 is 0 Å². The minimum Gasteiger partial charge on any atom is -0.381 e. The zero-order valence-electron chi connectivity index (χ0n) is 17.2. The number of benzene rings is 3. The van der Waals surface area contributed by atoms with Crippen LogP contribution in [0.4, 0.5) is 0 Å². The fraction of sp³-hybridized carbons (Fsp3) is 0.231. The predicted octanol–water partition coefficient (Wildman–Crippen LogP) is 4.97. The summed E-state index contributed by atoms with van der Waals surface area (Å²) in [5, 5.41) is 8.16. The summed E-state index contributed by atoms with van der Waals surface area (Å²) in [5.41, 5.74) is 3.42. The maximum Gasteiger partial charge on any atom is 0.251 e. The fourth-order valence-electron chi connectivity index (χ4n) is 4.35. The van der Waals surface area contributed by atoms with Crippen molar-refractivity contribution in [2.45, 2.75) is 18.3 Å². The first-order valence-electron chi connectivity index (χ1n) is 10.6. The maximum absolute atomic E-state index is 13.1. The number of carbonyl (C=O) groups excluding carboxylic acids is 1. The van der Waals surface area contributed by atoms with Gasteiger partial charge in [-0.25, -0.2) is 0 Å². The van der Waals surface area contributed by atoms with Crippen LogP contribution in [-0.4, -0.2) is 30.8 Å². The standard InChI is InChI=1S/C26H24N2O3/c29-25(27-18-26(13-15-30-16-14-26)21-9-5-2-6-10-21)20-11-12-23-22(17-20)24(31-28-23)19-7-3-1-4-8-19/h1-12,17H,13-16,18H2,(H,27,29). The molecule has 1 aliphatic rings. The van der Waals surface area contributed by atoms with E-state index in [0.29, 0.717) is 31.1 Å². The van der Waals surface area contributed by atoms with Crippen LogP contribution in [0, 0.1) is 0 Å². The van der Waals surface area contributed by atoms with Gasteiger partial charge in [0.1, 0.15) is 5.52 Å². The zero-order chi connectivity index (χ0) is 21.1. The SMILES string of the molecule is O=C(NCC1(c2ccccc2)CCOCC1)c1ccc2noc(-c3ccccc3)c2c1. The molecular weight excluding hydrogens is 388 g/mol. The third-order valence-electron chi connectivity index (χ3n) is 6.20. The summed E-state index contributed by atoms with van der Waals surface area (Å²) in [6, 6.07) is 25.7. The van der Waals surface area contributed by atoms with Crippen LogP contribution in [0.15, 0.2) is 83.4 Å². The number of carbonyl (C=O) groups is 1. The molecule has 1 N–H and O–H groups in total. The molecule has 1 aliphatic heterocycles. The van der Waals surface area contributed by atoms with Crippen LogP contribution in [-0.2, 0) is 10.2 Å². The van der Waals surface area contributed by atoms with E-state index in [1.54, 1.807) is 6.07 Å². The molecule has 1 fully saturated rings. The molecule has 156 valence electrons. The first-order valence-corrected chi connectivity index (χ1v) is 10.6. The average molecular weight is 412 g/mol. The van der Waals surface area contributed by atoms with Crippen molar-refractivity contribution >= 4 is 16.8 Å². The number of rotatable bonds is 5. The lowest BCUT2D eigenvalue weighted by Crippen LogP contribution is -2.44. The van der Waals surface area contributed by atoms with E-state index in [9.17, 15) is 4.79 Å². The van der Waals surface area contributed by atoms with E-state index in [2.05, 4.69) is 34.7 Å². The third kappa shape index (κ3) is 3.84. The molecule has 5 heteroatoms. The first kappa shape index (κ1) is 19.5. The van der Waals surface area contributed by atoms with Gasteiger partial charge in [0.2, 0.25) is 0 Å². The molecule has 1 saturated heterocycles. The number of fused-ring (bicyclic) bond motifs is 1. The molecule has 4 aromatic rings. The highest BCUT2D eigenvalue weighted by molar-refractivity contribution is 6.01. The van der Waals surface area contributed by atoms with Gasteiger partial charge in [-0.2, -0.15) is 0 Å². The van der Waals surface area contributed by atoms with Crippen molar-refractivity contribution in [3.8, 4) is 11.3 Å². The molecule has 5 rings (SSSR count). The molecule has 31 heavy (non-hydrogen) atoms. The van der Waals surface area contributed by atoms with Crippen LogP contribution in [0.1, 0.15) is 28.8 Å². The van der Waals surface area contributed by atoms with E-state index in [1.807, 2.05) is 48.5 Å². The number of nitrogens with one attached hydrogen (secondary N) is 1. The van der Waals surface area contributed by atoms with Crippen molar-refractivity contribution in [2.75, 3.05) is 19.8 Å². The summed E-state index contributed by atoms with van der Waals surface area (Å²) < 4.78 is 11.2. The minimum absolute atomic E-state index is 0.0936. The van der Waals surface area contributed by atoms with Crippen molar-refractivity contribution < 1.29 is 14.1 Å². The van der Waals surface area contributed by atoms with E-state index in [0.717, 1.165) is 29.3 Å². The van der Waals surface area contributed by atoms with Crippen LogP contribution in [0.5, 0.6) is 0 Å². The number of ether oxygens (including phenoxy) is 1. The van der Waals surface area contributed by atoms with Gasteiger partial charge in [0, 0.05) is 36.3 Å². The molecule has 3 aromatic carbocycles. The molecule has 0 saturated carbocycles. The maximum atomic E-state index is 13.1. The normalized spacial score (nSPS) is 15.6. The van der Waals surface area contributed by atoms with Crippen molar-refractivity contribution in [3.05, 3.63) is 90.0 Å². The van der Waals surface area contributed by atoms with Crippen LogP contribution in [0.25, 0.3) is 22.2 Å². The van der Waals surface area contributed by atoms with E-state index in [4.69, 9.17) is 9.26 Å². The Balaban J connectivity index is 1.40. The molecular formula is C26H24N2O3. The second-order valence-corrected chi connectivity index (χ2v) is 8.05. The summed E-state index contributed by atoms with van der Waals surface area (Å²) in [4.78, 5) is 13.1. The first-order chi connectivity index (χ1) is 15.3. The second-order valence-electron chi connectivity index (χ2n) is 8.05. The molecule has 1 aromatic heterocycles. The molecule has 5 nitrogen and oxygen atoms in total. The highest BCUT2D eigenvalue weighted by Gasteiger charge is 2.34. The second kappa shape index (κ2) is 8.36. The molecule has 0 radical (unpaired) electrons. The van der Waals surface area contributed by atoms with Gasteiger partial charge >= 0.3 is 0 Å². The molecule has 0 unspecified atom stereocenters. The Labute approximate surface area is 181 Å².